The van der Waals surface area contributed by atoms with Crippen LogP contribution in [0.5, 0.6) is 0 Å². The van der Waals surface area contributed by atoms with Crippen LogP contribution in [0.3, 0.4) is 0 Å². The quantitative estimate of drug-likeness (QED) is 0.558. The molecule has 1 saturated heterocycles. The highest BCUT2D eigenvalue weighted by Gasteiger charge is 2.22. The van der Waals surface area contributed by atoms with Gasteiger partial charge in [0.25, 0.3) is 0 Å². The summed E-state index contributed by atoms with van der Waals surface area (Å²) in [5, 5.41) is 3.28. The van der Waals surface area contributed by atoms with E-state index < -0.39 is 9.84 Å². The Kier molecular flexibility index (Phi) is 5.91. The molecule has 0 spiro atoms. The van der Waals surface area contributed by atoms with E-state index >= 15 is 0 Å². The van der Waals surface area contributed by atoms with Gasteiger partial charge in [0.15, 0.2) is 0 Å². The topological polar surface area (TPSA) is 72.5 Å². The lowest BCUT2D eigenvalue weighted by atomic mass is 10.1. The summed E-state index contributed by atoms with van der Waals surface area (Å²) < 4.78 is 27.2. The molecule has 0 aromatic heterocycles. The lowest BCUT2D eigenvalue weighted by molar-refractivity contribution is -0.143. The van der Waals surface area contributed by atoms with E-state index in [1.807, 2.05) is 0 Å². The van der Waals surface area contributed by atoms with E-state index in [9.17, 15) is 13.2 Å². The van der Waals surface area contributed by atoms with Crippen LogP contribution in [0.4, 0.5) is 0 Å². The second-order valence-corrected chi connectivity index (χ2v) is 6.59. The number of hydrogen-bond acceptors (Lipinski definition) is 5. The van der Waals surface area contributed by atoms with Crippen LogP contribution in [-0.4, -0.2) is 45.1 Å². The number of nitrogens with one attached hydrogen (secondary N) is 1. The highest BCUT2D eigenvalue weighted by molar-refractivity contribution is 7.91. The van der Waals surface area contributed by atoms with E-state index in [0.29, 0.717) is 25.9 Å². The van der Waals surface area contributed by atoms with Crippen molar-refractivity contribution in [3.8, 4) is 0 Å². The zero-order valence-corrected chi connectivity index (χ0v) is 11.1. The number of ether oxygens (including phenoxy) is 1. The third-order valence-corrected chi connectivity index (χ3v) is 4.57. The van der Waals surface area contributed by atoms with Crippen molar-refractivity contribution in [1.29, 1.82) is 0 Å². The molecule has 1 rings (SSSR count). The van der Waals surface area contributed by atoms with Crippen LogP contribution < -0.4 is 5.32 Å². The molecule has 1 N–H and O–H groups in total. The van der Waals surface area contributed by atoms with Crippen LogP contribution in [0.25, 0.3) is 0 Å². The summed E-state index contributed by atoms with van der Waals surface area (Å²) >= 11 is 0. The molecular weight excluding hydrogens is 242 g/mol. The summed E-state index contributed by atoms with van der Waals surface area (Å²) in [4.78, 5) is 11.0. The number of esters is 1. The molecule has 6 heteroatoms. The van der Waals surface area contributed by atoms with E-state index in [0.717, 1.165) is 13.0 Å². The highest BCUT2D eigenvalue weighted by atomic mass is 32.2. The van der Waals surface area contributed by atoms with E-state index in [4.69, 9.17) is 4.74 Å². The summed E-state index contributed by atoms with van der Waals surface area (Å²) in [7, 11) is -2.78. The van der Waals surface area contributed by atoms with Crippen LogP contribution in [0.2, 0.25) is 0 Å². The number of rotatable bonds is 6. The minimum Gasteiger partial charge on any atom is -0.466 e. The van der Waals surface area contributed by atoms with Crippen molar-refractivity contribution in [1.82, 2.24) is 5.32 Å². The van der Waals surface area contributed by atoms with Gasteiger partial charge >= 0.3 is 5.97 Å². The fourth-order valence-corrected chi connectivity index (χ4v) is 3.36. The van der Waals surface area contributed by atoms with Crippen molar-refractivity contribution in [2.75, 3.05) is 24.7 Å². The molecule has 0 amide bonds. The molecule has 0 unspecified atom stereocenters. The molecule has 17 heavy (non-hydrogen) atoms. The Morgan fingerprint density at radius 2 is 2.00 bits per heavy atom. The maximum Gasteiger partial charge on any atom is 0.305 e. The Balaban J connectivity index is 2.06. The minimum absolute atomic E-state index is 0.166. The first-order valence-corrected chi connectivity index (χ1v) is 7.95. The van der Waals surface area contributed by atoms with Crippen molar-refractivity contribution in [3.63, 3.8) is 0 Å². The summed E-state index contributed by atoms with van der Waals surface area (Å²) in [6, 6.07) is 0.278. The average Bonchev–Trinajstić information content (AvgIpc) is 2.27. The van der Waals surface area contributed by atoms with Gasteiger partial charge in [-0.05, 0) is 32.7 Å². The SMILES string of the molecule is CCOC(=O)CCCNC1CCS(=O)(=O)CC1. The maximum absolute atomic E-state index is 11.2. The third-order valence-electron chi connectivity index (χ3n) is 2.85. The van der Waals surface area contributed by atoms with E-state index in [1.54, 1.807) is 6.92 Å². The molecule has 0 aliphatic carbocycles. The zero-order chi connectivity index (χ0) is 12.7. The number of sulfone groups is 1. The number of carbonyl (C=O) groups excluding carboxylic acids is 1. The van der Waals surface area contributed by atoms with Crippen molar-refractivity contribution in [2.45, 2.75) is 38.6 Å². The lowest BCUT2D eigenvalue weighted by Crippen LogP contribution is -2.38. The predicted octanol–water partition coefficient (Wildman–Crippen LogP) is 0.496. The first kappa shape index (κ1) is 14.4. The van der Waals surface area contributed by atoms with Gasteiger partial charge in [-0.25, -0.2) is 8.42 Å². The van der Waals surface area contributed by atoms with Gasteiger partial charge in [-0.3, -0.25) is 4.79 Å². The molecule has 0 radical (unpaired) electrons. The minimum atomic E-state index is -2.78. The summed E-state index contributed by atoms with van der Waals surface area (Å²) in [5.74, 6) is 0.394. The zero-order valence-electron chi connectivity index (χ0n) is 10.3. The van der Waals surface area contributed by atoms with Crippen molar-refractivity contribution in [3.05, 3.63) is 0 Å². The van der Waals surface area contributed by atoms with Crippen molar-refractivity contribution >= 4 is 15.8 Å². The monoisotopic (exact) mass is 263 g/mol. The Bertz CT molecular complexity index is 325. The molecule has 0 atom stereocenters. The highest BCUT2D eigenvalue weighted by Crippen LogP contribution is 2.12. The van der Waals surface area contributed by atoms with Gasteiger partial charge in [0.2, 0.25) is 0 Å². The fourth-order valence-electron chi connectivity index (χ4n) is 1.87. The van der Waals surface area contributed by atoms with Gasteiger partial charge in [0.05, 0.1) is 18.1 Å². The molecule has 0 aromatic carbocycles. The number of carbonyl (C=O) groups is 1. The first-order valence-electron chi connectivity index (χ1n) is 6.13. The fraction of sp³-hybridized carbons (Fsp3) is 0.909. The average molecular weight is 263 g/mol. The standard InChI is InChI=1S/C11H21NO4S/c1-2-16-11(13)4-3-7-12-10-5-8-17(14,15)9-6-10/h10,12H,2-9H2,1H3. The van der Waals surface area contributed by atoms with Gasteiger partial charge in [0.1, 0.15) is 9.84 Å². The van der Waals surface area contributed by atoms with Gasteiger partial charge < -0.3 is 10.1 Å². The van der Waals surface area contributed by atoms with Crippen molar-refractivity contribution in [2.24, 2.45) is 0 Å². The summed E-state index contributed by atoms with van der Waals surface area (Å²) in [6.45, 7) is 2.95. The largest absolute Gasteiger partial charge is 0.466 e. The van der Waals surface area contributed by atoms with Gasteiger partial charge in [-0.15, -0.1) is 0 Å². The first-order chi connectivity index (χ1) is 8.03. The maximum atomic E-state index is 11.2. The smallest absolute Gasteiger partial charge is 0.305 e. The Labute approximate surface area is 103 Å². The predicted molar refractivity (Wildman–Crippen MR) is 65.5 cm³/mol. The van der Waals surface area contributed by atoms with Crippen LogP contribution >= 0.6 is 0 Å². The van der Waals surface area contributed by atoms with Crippen LogP contribution in [0.1, 0.15) is 32.6 Å². The summed E-state index contributed by atoms with van der Waals surface area (Å²) in [5.41, 5.74) is 0. The molecule has 100 valence electrons. The molecule has 0 bridgehead atoms. The molecule has 0 aromatic rings. The lowest BCUT2D eigenvalue weighted by Gasteiger charge is -2.22. The van der Waals surface area contributed by atoms with Crippen LogP contribution in [0, 0.1) is 0 Å². The Morgan fingerprint density at radius 1 is 1.35 bits per heavy atom. The third kappa shape index (κ3) is 6.02. The molecule has 1 heterocycles. The molecule has 1 fully saturated rings. The van der Waals surface area contributed by atoms with E-state index in [1.165, 1.54) is 0 Å². The Morgan fingerprint density at radius 3 is 2.59 bits per heavy atom. The van der Waals surface area contributed by atoms with Crippen LogP contribution in [-0.2, 0) is 19.4 Å². The molecule has 1 aliphatic rings. The molecule has 0 saturated carbocycles. The normalized spacial score (nSPS) is 20.1. The second-order valence-electron chi connectivity index (χ2n) is 4.29. The second kappa shape index (κ2) is 6.96. The number of hydrogen-bond donors (Lipinski definition) is 1. The molecule has 1 aliphatic heterocycles. The molecular formula is C11H21NO4S. The van der Waals surface area contributed by atoms with E-state index in [-0.39, 0.29) is 23.5 Å². The Hall–Kier alpha value is -0.620. The molecule has 5 nitrogen and oxygen atoms in total. The van der Waals surface area contributed by atoms with Gasteiger partial charge in [0, 0.05) is 12.5 Å². The van der Waals surface area contributed by atoms with Gasteiger partial charge in [-0.1, -0.05) is 0 Å². The van der Waals surface area contributed by atoms with Crippen LogP contribution in [0.15, 0.2) is 0 Å². The van der Waals surface area contributed by atoms with Gasteiger partial charge in [-0.2, -0.15) is 0 Å². The summed E-state index contributed by atoms with van der Waals surface area (Å²) in [6.07, 6.45) is 2.53. The van der Waals surface area contributed by atoms with Crippen molar-refractivity contribution < 1.29 is 17.9 Å². The van der Waals surface area contributed by atoms with E-state index in [2.05, 4.69) is 5.32 Å².